The molecule has 1 heterocycles. The zero-order valence-corrected chi connectivity index (χ0v) is 16.8. The molecule has 5 heteroatoms. The lowest BCUT2D eigenvalue weighted by Crippen LogP contribution is -2.30. The summed E-state index contributed by atoms with van der Waals surface area (Å²) in [7, 11) is 0. The number of nitrogens with zero attached hydrogens (tertiary/aromatic N) is 1. The number of halogens is 1. The number of carbonyl (C=O) groups is 1. The fraction of sp³-hybridized carbons (Fsp3) is 0.174. The maximum absolute atomic E-state index is 13.1. The molecule has 0 saturated carbocycles. The summed E-state index contributed by atoms with van der Waals surface area (Å²) in [5, 5.41) is 0.396. The Morgan fingerprint density at radius 3 is 2.54 bits per heavy atom. The first kappa shape index (κ1) is 18.9. The SMILES string of the molecule is O=C(c1ccccc1Cl)N1CCS[C@H]1c1ccccc1OCc1ccccc1. The summed E-state index contributed by atoms with van der Waals surface area (Å²) in [5.41, 5.74) is 2.67. The quantitative estimate of drug-likeness (QED) is 0.532. The maximum Gasteiger partial charge on any atom is 0.256 e. The van der Waals surface area contributed by atoms with Gasteiger partial charge in [-0.3, -0.25) is 4.79 Å². The number of benzene rings is 3. The zero-order valence-electron chi connectivity index (χ0n) is 15.3. The molecular weight excluding hydrogens is 390 g/mol. The molecule has 0 spiro atoms. The van der Waals surface area contributed by atoms with E-state index in [0.717, 1.165) is 22.6 Å². The smallest absolute Gasteiger partial charge is 0.256 e. The number of thioether (sulfide) groups is 1. The van der Waals surface area contributed by atoms with Gasteiger partial charge in [0.2, 0.25) is 0 Å². The van der Waals surface area contributed by atoms with Crippen molar-refractivity contribution in [2.75, 3.05) is 12.3 Å². The predicted octanol–water partition coefficient (Wildman–Crippen LogP) is 5.81. The van der Waals surface area contributed by atoms with Gasteiger partial charge in [0.25, 0.3) is 5.91 Å². The number of hydrogen-bond acceptors (Lipinski definition) is 3. The Balaban J connectivity index is 1.58. The van der Waals surface area contributed by atoms with Gasteiger partial charge in [-0.15, -0.1) is 11.8 Å². The first-order valence-corrected chi connectivity index (χ1v) is 10.6. The minimum atomic E-state index is -0.0873. The lowest BCUT2D eigenvalue weighted by Gasteiger charge is -2.26. The Bertz CT molecular complexity index is 964. The van der Waals surface area contributed by atoms with E-state index in [9.17, 15) is 4.79 Å². The van der Waals surface area contributed by atoms with Crippen LogP contribution in [0.15, 0.2) is 78.9 Å². The third kappa shape index (κ3) is 4.03. The van der Waals surface area contributed by atoms with E-state index >= 15 is 0 Å². The second-order valence-corrected chi connectivity index (χ2v) is 8.11. The fourth-order valence-electron chi connectivity index (χ4n) is 3.28. The summed E-state index contributed by atoms with van der Waals surface area (Å²) >= 11 is 8.01. The van der Waals surface area contributed by atoms with Crippen molar-refractivity contribution in [1.82, 2.24) is 4.90 Å². The van der Waals surface area contributed by atoms with Gasteiger partial charge >= 0.3 is 0 Å². The van der Waals surface area contributed by atoms with E-state index in [1.807, 2.05) is 71.6 Å². The Hall–Kier alpha value is -2.43. The summed E-state index contributed by atoms with van der Waals surface area (Å²) in [4.78, 5) is 15.0. The van der Waals surface area contributed by atoms with Crippen LogP contribution in [-0.4, -0.2) is 23.1 Å². The molecule has 3 aromatic carbocycles. The highest BCUT2D eigenvalue weighted by Gasteiger charge is 2.33. The van der Waals surface area contributed by atoms with Gasteiger partial charge in [0, 0.05) is 17.9 Å². The van der Waals surface area contributed by atoms with Crippen molar-refractivity contribution < 1.29 is 9.53 Å². The van der Waals surface area contributed by atoms with E-state index in [0.29, 0.717) is 23.7 Å². The van der Waals surface area contributed by atoms with Crippen LogP contribution in [0.1, 0.15) is 26.9 Å². The van der Waals surface area contributed by atoms with Crippen molar-refractivity contribution in [1.29, 1.82) is 0 Å². The van der Waals surface area contributed by atoms with Crippen LogP contribution in [0.25, 0.3) is 0 Å². The average molecular weight is 410 g/mol. The van der Waals surface area contributed by atoms with Gasteiger partial charge in [-0.2, -0.15) is 0 Å². The summed E-state index contributed by atoms with van der Waals surface area (Å²) in [6.07, 6.45) is 0. The molecule has 1 aliphatic rings. The highest BCUT2D eigenvalue weighted by atomic mass is 35.5. The molecule has 3 aromatic rings. The normalized spacial score (nSPS) is 16.2. The van der Waals surface area contributed by atoms with Crippen molar-refractivity contribution in [2.24, 2.45) is 0 Å². The zero-order chi connectivity index (χ0) is 19.3. The molecular formula is C23H20ClNO2S. The minimum Gasteiger partial charge on any atom is -0.489 e. The molecule has 142 valence electrons. The molecule has 1 atom stereocenters. The Morgan fingerprint density at radius 2 is 1.71 bits per heavy atom. The molecule has 1 saturated heterocycles. The maximum atomic E-state index is 13.1. The van der Waals surface area contributed by atoms with Gasteiger partial charge in [-0.1, -0.05) is 72.3 Å². The lowest BCUT2D eigenvalue weighted by atomic mass is 10.1. The van der Waals surface area contributed by atoms with Crippen LogP contribution < -0.4 is 4.74 Å². The molecule has 0 unspecified atom stereocenters. The van der Waals surface area contributed by atoms with Crippen LogP contribution in [0.4, 0.5) is 0 Å². The molecule has 28 heavy (non-hydrogen) atoms. The third-order valence-electron chi connectivity index (χ3n) is 4.68. The molecule has 0 aromatic heterocycles. The standard InChI is InChI=1S/C23H20ClNO2S/c24-20-12-6-4-10-18(20)22(26)25-14-15-28-23(25)19-11-5-7-13-21(19)27-16-17-8-2-1-3-9-17/h1-13,23H,14-16H2/t23-/m0/s1. The second kappa shape index (κ2) is 8.72. The van der Waals surface area contributed by atoms with E-state index < -0.39 is 0 Å². The monoisotopic (exact) mass is 409 g/mol. The molecule has 0 aliphatic carbocycles. The summed E-state index contributed by atoms with van der Waals surface area (Å²) in [5.74, 6) is 1.65. The fourth-order valence-corrected chi connectivity index (χ4v) is 4.77. The van der Waals surface area contributed by atoms with Crippen LogP contribution in [0.2, 0.25) is 5.02 Å². The van der Waals surface area contributed by atoms with Crippen molar-refractivity contribution >= 4 is 29.3 Å². The van der Waals surface area contributed by atoms with E-state index in [-0.39, 0.29) is 11.3 Å². The Labute approximate surface area is 174 Å². The first-order valence-electron chi connectivity index (χ1n) is 9.17. The van der Waals surface area contributed by atoms with Crippen molar-refractivity contribution in [2.45, 2.75) is 12.0 Å². The van der Waals surface area contributed by atoms with E-state index in [2.05, 4.69) is 0 Å². The molecule has 1 fully saturated rings. The first-order chi connectivity index (χ1) is 13.7. The van der Waals surface area contributed by atoms with Crippen LogP contribution in [0.3, 0.4) is 0 Å². The summed E-state index contributed by atoms with van der Waals surface area (Å²) < 4.78 is 6.12. The largest absolute Gasteiger partial charge is 0.489 e. The average Bonchev–Trinajstić information content (AvgIpc) is 3.23. The second-order valence-electron chi connectivity index (χ2n) is 6.51. The summed E-state index contributed by atoms with van der Waals surface area (Å²) in [6.45, 7) is 1.18. The summed E-state index contributed by atoms with van der Waals surface area (Å²) in [6, 6.07) is 25.2. The van der Waals surface area contributed by atoms with Crippen LogP contribution in [0.5, 0.6) is 5.75 Å². The van der Waals surface area contributed by atoms with Crippen molar-refractivity contribution in [3.8, 4) is 5.75 Å². The third-order valence-corrected chi connectivity index (χ3v) is 6.25. The van der Waals surface area contributed by atoms with Gasteiger partial charge in [-0.05, 0) is 23.8 Å². The van der Waals surface area contributed by atoms with Crippen LogP contribution >= 0.6 is 23.4 Å². The van der Waals surface area contributed by atoms with Gasteiger partial charge in [0.05, 0.1) is 10.6 Å². The van der Waals surface area contributed by atoms with Gasteiger partial charge < -0.3 is 9.64 Å². The van der Waals surface area contributed by atoms with E-state index in [1.54, 1.807) is 23.9 Å². The highest BCUT2D eigenvalue weighted by molar-refractivity contribution is 7.99. The molecule has 0 bridgehead atoms. The molecule has 3 nitrogen and oxygen atoms in total. The van der Waals surface area contributed by atoms with Crippen molar-refractivity contribution in [3.05, 3.63) is 101 Å². The molecule has 4 rings (SSSR count). The number of hydrogen-bond donors (Lipinski definition) is 0. The number of ether oxygens (including phenoxy) is 1. The number of carbonyl (C=O) groups excluding carboxylic acids is 1. The highest BCUT2D eigenvalue weighted by Crippen LogP contribution is 2.43. The molecule has 1 amide bonds. The van der Waals surface area contributed by atoms with Crippen LogP contribution in [-0.2, 0) is 6.61 Å². The minimum absolute atomic E-state index is 0.0431. The topological polar surface area (TPSA) is 29.5 Å². The number of amides is 1. The lowest BCUT2D eigenvalue weighted by molar-refractivity contribution is 0.0759. The van der Waals surface area contributed by atoms with E-state index in [1.165, 1.54) is 0 Å². The molecule has 1 aliphatic heterocycles. The predicted molar refractivity (Wildman–Crippen MR) is 115 cm³/mol. The number of rotatable bonds is 5. The van der Waals surface area contributed by atoms with Gasteiger partial charge in [-0.25, -0.2) is 0 Å². The van der Waals surface area contributed by atoms with Gasteiger partial charge in [0.1, 0.15) is 17.7 Å². The van der Waals surface area contributed by atoms with Gasteiger partial charge in [0.15, 0.2) is 0 Å². The Kier molecular flexibility index (Phi) is 5.89. The number of para-hydroxylation sites is 1. The van der Waals surface area contributed by atoms with E-state index in [4.69, 9.17) is 16.3 Å². The Morgan fingerprint density at radius 1 is 1.00 bits per heavy atom. The molecule has 0 N–H and O–H groups in total. The molecule has 0 radical (unpaired) electrons. The van der Waals surface area contributed by atoms with Crippen LogP contribution in [0, 0.1) is 0 Å². The van der Waals surface area contributed by atoms with Crippen molar-refractivity contribution in [3.63, 3.8) is 0 Å².